The van der Waals surface area contributed by atoms with E-state index in [0.717, 1.165) is 24.1 Å². The maximum absolute atomic E-state index is 12.9. The van der Waals surface area contributed by atoms with Gasteiger partial charge in [0.05, 0.1) is 17.0 Å². The van der Waals surface area contributed by atoms with E-state index in [1.807, 2.05) is 61.5 Å². The molecule has 0 fully saturated rings. The topological polar surface area (TPSA) is 88.9 Å². The molecule has 162 valence electrons. The van der Waals surface area contributed by atoms with E-state index >= 15 is 0 Å². The Kier molecular flexibility index (Phi) is 7.83. The Morgan fingerprint density at radius 1 is 1.13 bits per heavy atom. The Hall–Kier alpha value is -3.13. The molecule has 0 radical (unpaired) electrons. The number of carbonyl (C=O) groups excluding carboxylic acids is 2. The molecule has 31 heavy (non-hydrogen) atoms. The normalized spacial score (nSPS) is 12.7. The van der Waals surface area contributed by atoms with E-state index < -0.39 is 0 Å². The number of anilines is 1. The summed E-state index contributed by atoms with van der Waals surface area (Å²) >= 11 is 1.34. The molecule has 0 spiro atoms. The third-order valence-corrected chi connectivity index (χ3v) is 5.77. The number of nitrogens with one attached hydrogen (secondary N) is 2. The summed E-state index contributed by atoms with van der Waals surface area (Å²) in [4.78, 5) is 24.3. The molecular weight excluding hydrogens is 410 g/mol. The number of thioether (sulfide) groups is 1. The number of carbonyl (C=O) groups is 2. The summed E-state index contributed by atoms with van der Waals surface area (Å²) in [6.07, 6.45) is 3.45. The predicted molar refractivity (Wildman–Crippen MR) is 123 cm³/mol. The number of hydrogen-bond donors (Lipinski definition) is 2. The second-order valence-corrected chi connectivity index (χ2v) is 8.54. The van der Waals surface area contributed by atoms with Gasteiger partial charge in [0, 0.05) is 12.6 Å². The Morgan fingerprint density at radius 2 is 1.90 bits per heavy atom. The molecule has 0 aliphatic heterocycles. The van der Waals surface area contributed by atoms with Crippen molar-refractivity contribution in [3.05, 3.63) is 66.5 Å². The van der Waals surface area contributed by atoms with Crippen LogP contribution in [-0.4, -0.2) is 31.8 Å². The summed E-state index contributed by atoms with van der Waals surface area (Å²) < 4.78 is 1.81. The van der Waals surface area contributed by atoms with E-state index in [-0.39, 0.29) is 23.1 Å². The lowest BCUT2D eigenvalue weighted by molar-refractivity contribution is -0.121. The van der Waals surface area contributed by atoms with Gasteiger partial charge in [0.1, 0.15) is 6.33 Å². The second kappa shape index (κ2) is 10.8. The van der Waals surface area contributed by atoms with E-state index in [4.69, 9.17) is 0 Å². The van der Waals surface area contributed by atoms with Gasteiger partial charge < -0.3 is 10.6 Å². The molecule has 7 nitrogen and oxygen atoms in total. The fourth-order valence-electron chi connectivity index (χ4n) is 3.22. The van der Waals surface area contributed by atoms with Crippen LogP contribution in [0.1, 0.15) is 45.2 Å². The van der Waals surface area contributed by atoms with Crippen molar-refractivity contribution in [2.24, 2.45) is 0 Å². The van der Waals surface area contributed by atoms with Crippen LogP contribution in [0.25, 0.3) is 5.69 Å². The maximum atomic E-state index is 12.9. The van der Waals surface area contributed by atoms with Gasteiger partial charge >= 0.3 is 0 Å². The van der Waals surface area contributed by atoms with Crippen LogP contribution in [0.15, 0.2) is 66.1 Å². The van der Waals surface area contributed by atoms with Crippen molar-refractivity contribution in [1.82, 2.24) is 20.1 Å². The van der Waals surface area contributed by atoms with Gasteiger partial charge in [-0.1, -0.05) is 61.5 Å². The molecule has 0 saturated heterocycles. The lowest BCUT2D eigenvalue weighted by atomic mass is 10.0. The highest BCUT2D eigenvalue weighted by Crippen LogP contribution is 2.26. The summed E-state index contributed by atoms with van der Waals surface area (Å²) in [7, 11) is 0. The van der Waals surface area contributed by atoms with Crippen LogP contribution < -0.4 is 10.6 Å². The van der Waals surface area contributed by atoms with Gasteiger partial charge in [-0.15, -0.1) is 10.2 Å². The van der Waals surface area contributed by atoms with E-state index in [2.05, 4.69) is 27.8 Å². The average molecular weight is 438 g/mol. The summed E-state index contributed by atoms with van der Waals surface area (Å²) in [5.74, 6) is -0.185. The molecule has 3 aromatic rings. The summed E-state index contributed by atoms with van der Waals surface area (Å²) in [5, 5.41) is 14.4. The summed E-state index contributed by atoms with van der Waals surface area (Å²) in [6.45, 7) is 5.44. The second-order valence-electron chi connectivity index (χ2n) is 7.24. The molecule has 3 rings (SSSR count). The van der Waals surface area contributed by atoms with Gasteiger partial charge in [0.25, 0.3) is 0 Å². The van der Waals surface area contributed by atoms with Crippen molar-refractivity contribution in [3.63, 3.8) is 0 Å². The third kappa shape index (κ3) is 6.18. The molecule has 0 bridgehead atoms. The van der Waals surface area contributed by atoms with Gasteiger partial charge in [-0.25, -0.2) is 0 Å². The first kappa shape index (κ1) is 22.6. The Bertz CT molecular complexity index is 1020. The van der Waals surface area contributed by atoms with Crippen LogP contribution in [0.3, 0.4) is 0 Å². The van der Waals surface area contributed by atoms with Gasteiger partial charge in [0.15, 0.2) is 5.16 Å². The highest BCUT2D eigenvalue weighted by Gasteiger charge is 2.22. The number of rotatable bonds is 9. The first-order valence-corrected chi connectivity index (χ1v) is 11.2. The largest absolute Gasteiger partial charge is 0.348 e. The smallest absolute Gasteiger partial charge is 0.233 e. The Balaban J connectivity index is 1.71. The van der Waals surface area contributed by atoms with E-state index in [0.29, 0.717) is 10.8 Å². The van der Waals surface area contributed by atoms with E-state index in [9.17, 15) is 9.59 Å². The van der Waals surface area contributed by atoms with Crippen LogP contribution in [-0.2, 0) is 9.59 Å². The standard InChI is InChI=1S/C23H27N5O2S/c1-4-9-21(18-10-6-5-7-11-18)26-22(30)16(2)31-23-27-24-15-28(23)20-13-8-12-19(14-20)25-17(3)29/h5-8,10-16,21H,4,9H2,1-3H3,(H,25,29)(H,26,30). The number of nitrogens with zero attached hydrogens (tertiary/aromatic N) is 3. The number of amides is 2. The zero-order valence-electron chi connectivity index (χ0n) is 17.9. The fraction of sp³-hybridized carbons (Fsp3) is 0.304. The minimum atomic E-state index is -0.357. The van der Waals surface area contributed by atoms with E-state index in [1.54, 1.807) is 10.9 Å². The van der Waals surface area contributed by atoms with Crippen molar-refractivity contribution in [2.75, 3.05) is 5.32 Å². The van der Waals surface area contributed by atoms with Gasteiger partial charge in [-0.3, -0.25) is 14.2 Å². The average Bonchev–Trinajstić information content (AvgIpc) is 3.22. The quantitative estimate of drug-likeness (QED) is 0.486. The van der Waals surface area contributed by atoms with Crippen molar-refractivity contribution >= 4 is 29.3 Å². The lowest BCUT2D eigenvalue weighted by Gasteiger charge is -2.21. The van der Waals surface area contributed by atoms with Crippen LogP contribution in [0, 0.1) is 0 Å². The van der Waals surface area contributed by atoms with Crippen molar-refractivity contribution in [3.8, 4) is 5.69 Å². The molecule has 2 aromatic carbocycles. The number of aromatic nitrogens is 3. The first-order chi connectivity index (χ1) is 15.0. The Labute approximate surface area is 186 Å². The molecule has 2 N–H and O–H groups in total. The molecular formula is C23H27N5O2S. The lowest BCUT2D eigenvalue weighted by Crippen LogP contribution is -2.34. The van der Waals surface area contributed by atoms with Crippen LogP contribution in [0.4, 0.5) is 5.69 Å². The Morgan fingerprint density at radius 3 is 2.61 bits per heavy atom. The highest BCUT2D eigenvalue weighted by atomic mass is 32.2. The third-order valence-electron chi connectivity index (χ3n) is 4.71. The van der Waals surface area contributed by atoms with E-state index in [1.165, 1.54) is 18.7 Å². The van der Waals surface area contributed by atoms with Crippen molar-refractivity contribution in [2.45, 2.75) is 50.1 Å². The van der Waals surface area contributed by atoms with Gasteiger partial charge in [-0.2, -0.15) is 0 Å². The molecule has 0 aliphatic rings. The highest BCUT2D eigenvalue weighted by molar-refractivity contribution is 8.00. The molecule has 0 aliphatic carbocycles. The van der Waals surface area contributed by atoms with Crippen LogP contribution in [0.2, 0.25) is 0 Å². The van der Waals surface area contributed by atoms with Crippen molar-refractivity contribution in [1.29, 1.82) is 0 Å². The minimum absolute atomic E-state index is 0.0195. The number of benzene rings is 2. The molecule has 2 atom stereocenters. The van der Waals surface area contributed by atoms with Crippen LogP contribution >= 0.6 is 11.8 Å². The molecule has 1 heterocycles. The monoisotopic (exact) mass is 437 g/mol. The molecule has 2 unspecified atom stereocenters. The van der Waals surface area contributed by atoms with Gasteiger partial charge in [-0.05, 0) is 37.1 Å². The zero-order valence-corrected chi connectivity index (χ0v) is 18.7. The summed E-state index contributed by atoms with van der Waals surface area (Å²) in [5.41, 5.74) is 2.60. The van der Waals surface area contributed by atoms with Crippen molar-refractivity contribution < 1.29 is 9.59 Å². The number of hydrogen-bond acceptors (Lipinski definition) is 5. The molecule has 2 amide bonds. The first-order valence-electron chi connectivity index (χ1n) is 10.3. The molecule has 1 aromatic heterocycles. The SMILES string of the molecule is CCCC(NC(=O)C(C)Sc1nncn1-c1cccc(NC(C)=O)c1)c1ccccc1. The minimum Gasteiger partial charge on any atom is -0.348 e. The van der Waals surface area contributed by atoms with Crippen LogP contribution in [0.5, 0.6) is 0 Å². The predicted octanol–water partition coefficient (Wildman–Crippen LogP) is 4.36. The molecule has 0 saturated carbocycles. The zero-order chi connectivity index (χ0) is 22.2. The fourth-order valence-corrected chi connectivity index (χ4v) is 4.07. The molecule has 8 heteroatoms. The maximum Gasteiger partial charge on any atom is 0.233 e. The van der Waals surface area contributed by atoms with Gasteiger partial charge in [0.2, 0.25) is 11.8 Å². The summed E-state index contributed by atoms with van der Waals surface area (Å²) in [6, 6.07) is 17.4.